The number of rotatable bonds is 3. The number of benzene rings is 2. The standard InChI is InChI=1S/C16H13Cl2NO/c17-12-5-3-6-13(18)11(12)9-16(20)15-8-10-4-1-2-7-14(10)19-15/h1-7,15,19H,8-9H2. The van der Waals surface area contributed by atoms with Crippen LogP contribution in [0.4, 0.5) is 5.69 Å². The van der Waals surface area contributed by atoms with E-state index < -0.39 is 0 Å². The summed E-state index contributed by atoms with van der Waals surface area (Å²) in [5.41, 5.74) is 2.92. The summed E-state index contributed by atoms with van der Waals surface area (Å²) in [5.74, 6) is 0.108. The van der Waals surface area contributed by atoms with Gasteiger partial charge in [-0.05, 0) is 29.3 Å². The third-order valence-electron chi connectivity index (χ3n) is 3.57. The normalized spacial score (nSPS) is 16.6. The van der Waals surface area contributed by atoms with E-state index in [4.69, 9.17) is 23.2 Å². The molecule has 1 unspecified atom stereocenters. The molecule has 2 aromatic carbocycles. The van der Waals surface area contributed by atoms with Crippen LogP contribution in [0.2, 0.25) is 10.0 Å². The first-order valence-corrected chi connectivity index (χ1v) is 7.21. The molecule has 4 heteroatoms. The van der Waals surface area contributed by atoms with Crippen LogP contribution in [0.25, 0.3) is 0 Å². The van der Waals surface area contributed by atoms with Crippen LogP contribution >= 0.6 is 23.2 Å². The van der Waals surface area contributed by atoms with Gasteiger partial charge in [-0.25, -0.2) is 0 Å². The molecule has 0 radical (unpaired) electrons. The summed E-state index contributed by atoms with van der Waals surface area (Å²) in [6.45, 7) is 0. The van der Waals surface area contributed by atoms with Crippen molar-refractivity contribution in [1.29, 1.82) is 0 Å². The minimum atomic E-state index is -0.195. The van der Waals surface area contributed by atoms with E-state index >= 15 is 0 Å². The number of ketones is 1. The highest BCUT2D eigenvalue weighted by Crippen LogP contribution is 2.29. The molecule has 0 fully saturated rings. The zero-order valence-electron chi connectivity index (χ0n) is 10.7. The molecule has 1 heterocycles. The molecule has 0 aromatic heterocycles. The Labute approximate surface area is 127 Å². The first-order valence-electron chi connectivity index (χ1n) is 6.45. The lowest BCUT2D eigenvalue weighted by Gasteiger charge is -2.12. The van der Waals surface area contributed by atoms with Crippen LogP contribution < -0.4 is 5.32 Å². The highest BCUT2D eigenvalue weighted by molar-refractivity contribution is 6.36. The van der Waals surface area contributed by atoms with Gasteiger partial charge in [-0.2, -0.15) is 0 Å². The molecule has 2 aromatic rings. The summed E-state index contributed by atoms with van der Waals surface area (Å²) in [5, 5.41) is 4.34. The first-order chi connectivity index (χ1) is 9.65. The fourth-order valence-electron chi connectivity index (χ4n) is 2.49. The summed E-state index contributed by atoms with van der Waals surface area (Å²) in [6, 6.07) is 13.1. The monoisotopic (exact) mass is 305 g/mol. The lowest BCUT2D eigenvalue weighted by Crippen LogP contribution is -2.28. The Bertz CT molecular complexity index is 624. The number of Topliss-reactive ketones (excluding diaryl/α,β-unsaturated/α-hetero) is 1. The van der Waals surface area contributed by atoms with Crippen molar-refractivity contribution in [3.05, 3.63) is 63.6 Å². The van der Waals surface area contributed by atoms with E-state index in [1.54, 1.807) is 18.2 Å². The van der Waals surface area contributed by atoms with Crippen molar-refractivity contribution in [2.75, 3.05) is 5.32 Å². The molecule has 0 spiro atoms. The molecule has 1 aliphatic rings. The molecule has 0 saturated heterocycles. The van der Waals surface area contributed by atoms with Crippen molar-refractivity contribution in [2.24, 2.45) is 0 Å². The number of nitrogens with one attached hydrogen (secondary N) is 1. The van der Waals surface area contributed by atoms with Gasteiger partial charge in [0.2, 0.25) is 0 Å². The molecular formula is C16H13Cl2NO. The highest BCUT2D eigenvalue weighted by atomic mass is 35.5. The zero-order chi connectivity index (χ0) is 14.1. The molecule has 1 atom stereocenters. The van der Waals surface area contributed by atoms with E-state index in [1.165, 1.54) is 5.56 Å². The van der Waals surface area contributed by atoms with Gasteiger partial charge in [-0.3, -0.25) is 4.79 Å². The topological polar surface area (TPSA) is 29.1 Å². The molecule has 102 valence electrons. The number of para-hydroxylation sites is 1. The van der Waals surface area contributed by atoms with Gasteiger partial charge >= 0.3 is 0 Å². The Kier molecular flexibility index (Phi) is 3.68. The Morgan fingerprint density at radius 1 is 1.10 bits per heavy atom. The Morgan fingerprint density at radius 3 is 2.50 bits per heavy atom. The largest absolute Gasteiger partial charge is 0.375 e. The van der Waals surface area contributed by atoms with Gasteiger partial charge < -0.3 is 5.32 Å². The van der Waals surface area contributed by atoms with Crippen molar-refractivity contribution in [3.63, 3.8) is 0 Å². The van der Waals surface area contributed by atoms with E-state index in [1.807, 2.05) is 24.3 Å². The van der Waals surface area contributed by atoms with E-state index in [2.05, 4.69) is 5.32 Å². The molecular weight excluding hydrogens is 293 g/mol. The number of fused-ring (bicyclic) bond motifs is 1. The van der Waals surface area contributed by atoms with Crippen LogP contribution in [0.3, 0.4) is 0 Å². The van der Waals surface area contributed by atoms with Gasteiger partial charge in [-0.1, -0.05) is 47.5 Å². The van der Waals surface area contributed by atoms with Crippen LogP contribution in [0, 0.1) is 0 Å². The van der Waals surface area contributed by atoms with Crippen molar-refractivity contribution >= 4 is 34.7 Å². The van der Waals surface area contributed by atoms with Crippen molar-refractivity contribution in [1.82, 2.24) is 0 Å². The maximum absolute atomic E-state index is 12.4. The highest BCUT2D eigenvalue weighted by Gasteiger charge is 2.26. The zero-order valence-corrected chi connectivity index (χ0v) is 12.2. The molecule has 0 bridgehead atoms. The van der Waals surface area contributed by atoms with Gasteiger partial charge in [0.1, 0.15) is 0 Å². The average Bonchev–Trinajstić information content (AvgIpc) is 2.87. The van der Waals surface area contributed by atoms with Crippen molar-refractivity contribution < 1.29 is 4.79 Å². The fourth-order valence-corrected chi connectivity index (χ4v) is 3.02. The molecule has 0 aliphatic carbocycles. The van der Waals surface area contributed by atoms with Crippen molar-refractivity contribution in [2.45, 2.75) is 18.9 Å². The lowest BCUT2D eigenvalue weighted by atomic mass is 10.0. The molecule has 1 N–H and O–H groups in total. The molecule has 1 aliphatic heterocycles. The van der Waals surface area contributed by atoms with Crippen LogP contribution in [-0.2, 0) is 17.6 Å². The second kappa shape index (κ2) is 5.47. The summed E-state index contributed by atoms with van der Waals surface area (Å²) >= 11 is 12.2. The van der Waals surface area contributed by atoms with Gasteiger partial charge in [0, 0.05) is 28.6 Å². The van der Waals surface area contributed by atoms with Gasteiger partial charge in [0.15, 0.2) is 5.78 Å². The van der Waals surface area contributed by atoms with Gasteiger partial charge in [-0.15, -0.1) is 0 Å². The van der Waals surface area contributed by atoms with Gasteiger partial charge in [0.25, 0.3) is 0 Å². The third-order valence-corrected chi connectivity index (χ3v) is 4.28. The average molecular weight is 306 g/mol. The number of carbonyl (C=O) groups excluding carboxylic acids is 1. The van der Waals surface area contributed by atoms with E-state index in [0.717, 1.165) is 12.1 Å². The van der Waals surface area contributed by atoms with E-state index in [9.17, 15) is 4.79 Å². The number of halogens is 2. The lowest BCUT2D eigenvalue weighted by molar-refractivity contribution is -0.119. The molecule has 20 heavy (non-hydrogen) atoms. The predicted octanol–water partition coefficient (Wildman–Crippen LogP) is 4.14. The predicted molar refractivity (Wildman–Crippen MR) is 82.7 cm³/mol. The second-order valence-corrected chi connectivity index (χ2v) is 5.72. The van der Waals surface area contributed by atoms with E-state index in [-0.39, 0.29) is 18.2 Å². The molecule has 3 rings (SSSR count). The maximum Gasteiger partial charge on any atom is 0.159 e. The summed E-state index contributed by atoms with van der Waals surface area (Å²) in [4.78, 5) is 12.4. The summed E-state index contributed by atoms with van der Waals surface area (Å²) in [7, 11) is 0. The quantitative estimate of drug-likeness (QED) is 0.923. The fraction of sp³-hybridized carbons (Fsp3) is 0.188. The minimum absolute atomic E-state index is 0.108. The Morgan fingerprint density at radius 2 is 1.80 bits per heavy atom. The van der Waals surface area contributed by atoms with E-state index in [0.29, 0.717) is 15.6 Å². The van der Waals surface area contributed by atoms with Crippen LogP contribution in [-0.4, -0.2) is 11.8 Å². The third kappa shape index (κ3) is 2.54. The number of carbonyl (C=O) groups is 1. The summed E-state index contributed by atoms with van der Waals surface area (Å²) < 4.78 is 0. The molecule has 0 amide bonds. The van der Waals surface area contributed by atoms with Gasteiger partial charge in [0.05, 0.1) is 6.04 Å². The first kappa shape index (κ1) is 13.5. The number of hydrogen-bond donors (Lipinski definition) is 1. The summed E-state index contributed by atoms with van der Waals surface area (Å²) in [6.07, 6.45) is 0.973. The molecule has 2 nitrogen and oxygen atoms in total. The van der Waals surface area contributed by atoms with Crippen LogP contribution in [0.15, 0.2) is 42.5 Å². The number of anilines is 1. The maximum atomic E-state index is 12.4. The van der Waals surface area contributed by atoms with Crippen LogP contribution in [0.5, 0.6) is 0 Å². The second-order valence-electron chi connectivity index (χ2n) is 4.90. The Balaban J connectivity index is 1.76. The van der Waals surface area contributed by atoms with Crippen LogP contribution in [0.1, 0.15) is 11.1 Å². The number of hydrogen-bond acceptors (Lipinski definition) is 2. The minimum Gasteiger partial charge on any atom is -0.375 e. The Hall–Kier alpha value is -1.51. The van der Waals surface area contributed by atoms with Crippen molar-refractivity contribution in [3.8, 4) is 0 Å². The SMILES string of the molecule is O=C(Cc1c(Cl)cccc1Cl)C1Cc2ccccc2N1. The smallest absolute Gasteiger partial charge is 0.159 e. The molecule has 0 saturated carbocycles.